The van der Waals surface area contributed by atoms with Crippen molar-refractivity contribution in [2.45, 2.75) is 38.8 Å². The second kappa shape index (κ2) is 8.94. The highest BCUT2D eigenvalue weighted by molar-refractivity contribution is 7.16. The molecular weight excluding hydrogens is 438 g/mol. The normalized spacial score (nSPS) is 15.1. The van der Waals surface area contributed by atoms with E-state index in [0.717, 1.165) is 29.2 Å². The van der Waals surface area contributed by atoms with Crippen LogP contribution in [-0.2, 0) is 6.42 Å². The fraction of sp³-hybridized carbons (Fsp3) is 0.273. The molecule has 0 radical (unpaired) electrons. The highest BCUT2D eigenvalue weighted by Crippen LogP contribution is 2.36. The number of rotatable bonds is 5. The number of fused-ring (bicyclic) bond motifs is 1. The van der Waals surface area contributed by atoms with Gasteiger partial charge in [0.15, 0.2) is 11.0 Å². The first kappa shape index (κ1) is 21.0. The molecule has 0 aromatic carbocycles. The van der Waals surface area contributed by atoms with Crippen molar-refractivity contribution in [3.05, 3.63) is 59.5 Å². The molecule has 33 heavy (non-hydrogen) atoms. The van der Waals surface area contributed by atoms with Gasteiger partial charge in [0, 0.05) is 12.2 Å². The molecule has 11 heteroatoms. The molecule has 3 N–H and O–H groups in total. The Morgan fingerprint density at radius 1 is 1.18 bits per heavy atom. The number of anilines is 3. The van der Waals surface area contributed by atoms with E-state index in [1.165, 1.54) is 11.3 Å². The zero-order chi connectivity index (χ0) is 22.8. The molecule has 2 amide bonds. The van der Waals surface area contributed by atoms with E-state index in [-0.39, 0.29) is 12.1 Å². The molecule has 5 heterocycles. The van der Waals surface area contributed by atoms with Gasteiger partial charge < -0.3 is 9.88 Å². The number of urea groups is 1. The summed E-state index contributed by atoms with van der Waals surface area (Å²) in [4.78, 5) is 27.2. The number of carbonyl (C=O) groups is 1. The van der Waals surface area contributed by atoms with E-state index in [0.29, 0.717) is 22.5 Å². The number of amides is 2. The first-order chi connectivity index (χ1) is 16.1. The van der Waals surface area contributed by atoms with Crippen LogP contribution in [0.5, 0.6) is 0 Å². The summed E-state index contributed by atoms with van der Waals surface area (Å²) in [7, 11) is 0. The van der Waals surface area contributed by atoms with E-state index in [9.17, 15) is 4.79 Å². The van der Waals surface area contributed by atoms with Crippen LogP contribution in [0.3, 0.4) is 0 Å². The fourth-order valence-corrected chi connectivity index (χ4v) is 4.62. The summed E-state index contributed by atoms with van der Waals surface area (Å²) < 4.78 is 1.93. The number of aryl methyl sites for hydroxylation is 1. The van der Waals surface area contributed by atoms with Gasteiger partial charge in [-0.3, -0.25) is 15.6 Å². The third kappa shape index (κ3) is 4.53. The molecule has 0 saturated heterocycles. The van der Waals surface area contributed by atoms with Crippen LogP contribution in [0.15, 0.2) is 48.9 Å². The van der Waals surface area contributed by atoms with Crippen molar-refractivity contribution in [3.63, 3.8) is 0 Å². The van der Waals surface area contributed by atoms with Gasteiger partial charge in [-0.15, -0.1) is 10.2 Å². The van der Waals surface area contributed by atoms with Crippen LogP contribution in [0, 0.1) is 0 Å². The van der Waals surface area contributed by atoms with Gasteiger partial charge in [0.25, 0.3) is 0 Å². The molecule has 4 aromatic heterocycles. The van der Waals surface area contributed by atoms with E-state index in [1.54, 1.807) is 18.6 Å². The lowest BCUT2D eigenvalue weighted by atomic mass is 10.0. The molecule has 0 spiro atoms. The Bertz CT molecular complexity index is 1270. The molecule has 4 aromatic rings. The van der Waals surface area contributed by atoms with E-state index >= 15 is 0 Å². The van der Waals surface area contributed by atoms with E-state index in [1.807, 2.05) is 48.7 Å². The molecule has 1 unspecified atom stereocenters. The predicted molar refractivity (Wildman–Crippen MR) is 127 cm³/mol. The van der Waals surface area contributed by atoms with Crippen LogP contribution in [0.1, 0.15) is 42.9 Å². The number of hydrogen-bond acceptors (Lipinski definition) is 8. The lowest BCUT2D eigenvalue weighted by Crippen LogP contribution is -2.20. The number of carbonyl (C=O) groups excluding carboxylic acids is 1. The zero-order valence-corrected chi connectivity index (χ0v) is 19.0. The highest BCUT2D eigenvalue weighted by Gasteiger charge is 2.24. The lowest BCUT2D eigenvalue weighted by Gasteiger charge is -2.22. The molecule has 1 aliphatic rings. The molecule has 168 valence electrons. The van der Waals surface area contributed by atoms with E-state index < -0.39 is 6.03 Å². The summed E-state index contributed by atoms with van der Waals surface area (Å²) in [5.74, 6) is 1.86. The summed E-state index contributed by atoms with van der Waals surface area (Å²) in [6, 6.07) is 11.2. The second-order valence-electron chi connectivity index (χ2n) is 7.92. The zero-order valence-electron chi connectivity index (χ0n) is 18.2. The van der Waals surface area contributed by atoms with Crippen molar-refractivity contribution in [2.75, 3.05) is 16.0 Å². The standard InChI is InChI=1S/C22H23N9OS/c1-13(2)31-12-24-30-20(31)16-7-5-8-18(25-16)27-21(32)29-22-28-19-17(33-22)10-9-15(26-19)14-6-3-4-11-23-14/h3-8,11-13,15,26H,9-10H2,1-2H3,(H2,25,27,28,29,32). The quantitative estimate of drug-likeness (QED) is 0.399. The molecule has 0 aliphatic carbocycles. The minimum Gasteiger partial charge on any atom is -0.361 e. The Balaban J connectivity index is 1.25. The van der Waals surface area contributed by atoms with Crippen molar-refractivity contribution >= 4 is 34.1 Å². The Hall–Kier alpha value is -3.86. The third-order valence-electron chi connectivity index (χ3n) is 5.28. The Labute approximate surface area is 194 Å². The monoisotopic (exact) mass is 461 g/mol. The summed E-state index contributed by atoms with van der Waals surface area (Å²) in [5.41, 5.74) is 1.62. The average molecular weight is 462 g/mol. The maximum atomic E-state index is 12.6. The molecular formula is C22H23N9OS. The second-order valence-corrected chi connectivity index (χ2v) is 9.01. The number of thiazole rings is 1. The molecule has 1 atom stereocenters. The molecule has 0 saturated carbocycles. The molecule has 1 aliphatic heterocycles. The van der Waals surface area contributed by atoms with Gasteiger partial charge in [-0.25, -0.2) is 14.8 Å². The van der Waals surface area contributed by atoms with Crippen molar-refractivity contribution in [3.8, 4) is 11.5 Å². The number of nitrogens with zero attached hydrogens (tertiary/aromatic N) is 6. The largest absolute Gasteiger partial charge is 0.361 e. The van der Waals surface area contributed by atoms with Gasteiger partial charge >= 0.3 is 6.03 Å². The van der Waals surface area contributed by atoms with Crippen LogP contribution in [0.25, 0.3) is 11.5 Å². The maximum absolute atomic E-state index is 12.6. The van der Waals surface area contributed by atoms with Gasteiger partial charge in [0.05, 0.1) is 16.6 Å². The summed E-state index contributed by atoms with van der Waals surface area (Å²) in [6.07, 6.45) is 5.27. The van der Waals surface area contributed by atoms with Crippen LogP contribution in [-0.4, -0.2) is 35.7 Å². The van der Waals surface area contributed by atoms with E-state index in [4.69, 9.17) is 0 Å². The van der Waals surface area contributed by atoms with Crippen LogP contribution in [0.2, 0.25) is 0 Å². The van der Waals surface area contributed by atoms with Crippen LogP contribution in [0.4, 0.5) is 21.6 Å². The Morgan fingerprint density at radius 2 is 2.09 bits per heavy atom. The van der Waals surface area contributed by atoms with Crippen LogP contribution < -0.4 is 16.0 Å². The SMILES string of the molecule is CC(C)n1cnnc1-c1cccc(NC(=O)Nc2nc3c(s2)CCC(c2ccccn2)N3)n1. The molecule has 10 nitrogen and oxygen atoms in total. The molecule has 0 fully saturated rings. The summed E-state index contributed by atoms with van der Waals surface area (Å²) in [6.45, 7) is 4.09. The highest BCUT2D eigenvalue weighted by atomic mass is 32.1. The number of pyridine rings is 2. The van der Waals surface area contributed by atoms with Gasteiger partial charge in [-0.1, -0.05) is 23.5 Å². The third-order valence-corrected chi connectivity index (χ3v) is 6.31. The minimum atomic E-state index is -0.405. The average Bonchev–Trinajstić information content (AvgIpc) is 3.46. The number of nitrogens with one attached hydrogen (secondary N) is 3. The van der Waals surface area contributed by atoms with Crippen molar-refractivity contribution in [2.24, 2.45) is 0 Å². The van der Waals surface area contributed by atoms with Gasteiger partial charge in [0.1, 0.15) is 23.7 Å². The number of aromatic nitrogens is 6. The number of hydrogen-bond donors (Lipinski definition) is 3. The van der Waals surface area contributed by atoms with Gasteiger partial charge in [-0.05, 0) is 51.0 Å². The smallest absolute Gasteiger partial charge is 0.326 e. The van der Waals surface area contributed by atoms with Crippen molar-refractivity contribution in [1.29, 1.82) is 0 Å². The minimum absolute atomic E-state index is 0.113. The lowest BCUT2D eigenvalue weighted by molar-refractivity contribution is 0.262. The molecule has 0 bridgehead atoms. The van der Waals surface area contributed by atoms with Crippen molar-refractivity contribution in [1.82, 2.24) is 29.7 Å². The van der Waals surface area contributed by atoms with Gasteiger partial charge in [0.2, 0.25) is 0 Å². The Kier molecular flexibility index (Phi) is 5.69. The van der Waals surface area contributed by atoms with E-state index in [2.05, 4.69) is 41.1 Å². The van der Waals surface area contributed by atoms with Gasteiger partial charge in [-0.2, -0.15) is 0 Å². The topological polar surface area (TPSA) is 123 Å². The maximum Gasteiger partial charge on any atom is 0.326 e. The Morgan fingerprint density at radius 3 is 2.91 bits per heavy atom. The summed E-state index contributed by atoms with van der Waals surface area (Å²) >= 11 is 1.47. The van der Waals surface area contributed by atoms with Crippen LogP contribution >= 0.6 is 11.3 Å². The predicted octanol–water partition coefficient (Wildman–Crippen LogP) is 4.52. The fourth-order valence-electron chi connectivity index (χ4n) is 3.68. The first-order valence-electron chi connectivity index (χ1n) is 10.7. The molecule has 5 rings (SSSR count). The first-order valence-corrected chi connectivity index (χ1v) is 11.5. The summed E-state index contributed by atoms with van der Waals surface area (Å²) in [5, 5.41) is 17.7. The van der Waals surface area contributed by atoms with Crippen molar-refractivity contribution < 1.29 is 4.79 Å².